The summed E-state index contributed by atoms with van der Waals surface area (Å²) < 4.78 is 0. The monoisotopic (exact) mass is 156 g/mol. The van der Waals surface area contributed by atoms with Crippen molar-refractivity contribution in [3.8, 4) is 0 Å². The van der Waals surface area contributed by atoms with Crippen LogP contribution in [0, 0.1) is 0 Å². The van der Waals surface area contributed by atoms with Gasteiger partial charge in [-0.05, 0) is 13.3 Å². The van der Waals surface area contributed by atoms with Gasteiger partial charge in [-0.1, -0.05) is 6.92 Å². The normalized spacial score (nSPS) is 16.7. The second-order valence-electron chi connectivity index (χ2n) is 2.61. The van der Waals surface area contributed by atoms with Gasteiger partial charge in [0, 0.05) is 11.6 Å². The van der Waals surface area contributed by atoms with E-state index in [1.165, 1.54) is 0 Å². The second-order valence-corrected chi connectivity index (χ2v) is 3.50. The van der Waals surface area contributed by atoms with Crippen molar-refractivity contribution in [2.75, 3.05) is 0 Å². The van der Waals surface area contributed by atoms with Gasteiger partial charge in [-0.2, -0.15) is 0 Å². The number of nitrogens with zero attached hydrogens (tertiary/aromatic N) is 1. The highest BCUT2D eigenvalue weighted by molar-refractivity contribution is 7.09. The number of thiazole rings is 1. The van der Waals surface area contributed by atoms with Gasteiger partial charge in [0.05, 0.1) is 5.54 Å². The van der Waals surface area contributed by atoms with Gasteiger partial charge in [0.25, 0.3) is 0 Å². The van der Waals surface area contributed by atoms with Crippen molar-refractivity contribution in [1.82, 2.24) is 4.98 Å². The highest BCUT2D eigenvalue weighted by atomic mass is 32.1. The molecule has 2 N–H and O–H groups in total. The molecule has 0 aromatic carbocycles. The predicted molar refractivity (Wildman–Crippen MR) is 43.9 cm³/mol. The molecule has 0 radical (unpaired) electrons. The van der Waals surface area contributed by atoms with Gasteiger partial charge in [-0.15, -0.1) is 11.3 Å². The molecule has 3 heteroatoms. The minimum Gasteiger partial charge on any atom is -0.320 e. The van der Waals surface area contributed by atoms with Crippen LogP contribution in [-0.2, 0) is 5.54 Å². The maximum atomic E-state index is 5.93. The molecule has 10 heavy (non-hydrogen) atoms. The van der Waals surface area contributed by atoms with Crippen molar-refractivity contribution < 1.29 is 0 Å². The lowest BCUT2D eigenvalue weighted by Gasteiger charge is -2.18. The van der Waals surface area contributed by atoms with Crippen LogP contribution in [0.2, 0.25) is 0 Å². The summed E-state index contributed by atoms with van der Waals surface area (Å²) in [5.74, 6) is 0. The Labute approximate surface area is 65.1 Å². The Kier molecular flexibility index (Phi) is 2.06. The number of hydrogen-bond acceptors (Lipinski definition) is 3. The van der Waals surface area contributed by atoms with Gasteiger partial charge in [0.2, 0.25) is 0 Å². The molecule has 1 heterocycles. The Balaban J connectivity index is 2.85. The van der Waals surface area contributed by atoms with E-state index in [2.05, 4.69) is 11.9 Å². The van der Waals surface area contributed by atoms with E-state index in [0.717, 1.165) is 11.4 Å². The fraction of sp³-hybridized carbons (Fsp3) is 0.571. The number of rotatable bonds is 2. The van der Waals surface area contributed by atoms with Crippen LogP contribution in [0.25, 0.3) is 0 Å². The molecule has 1 unspecified atom stereocenters. The molecular weight excluding hydrogens is 144 g/mol. The predicted octanol–water partition coefficient (Wildman–Crippen LogP) is 1.73. The quantitative estimate of drug-likeness (QED) is 0.708. The maximum absolute atomic E-state index is 5.93. The molecule has 0 amide bonds. The summed E-state index contributed by atoms with van der Waals surface area (Å²) in [7, 11) is 0. The van der Waals surface area contributed by atoms with Crippen molar-refractivity contribution in [1.29, 1.82) is 0 Å². The lowest BCUT2D eigenvalue weighted by atomic mass is 10.0. The number of aromatic nitrogens is 1. The Morgan fingerprint density at radius 3 is 2.90 bits per heavy atom. The Bertz CT molecular complexity index is 191. The number of hydrogen-bond donors (Lipinski definition) is 1. The smallest absolute Gasteiger partial charge is 0.112 e. The van der Waals surface area contributed by atoms with Gasteiger partial charge in [0.1, 0.15) is 5.01 Å². The van der Waals surface area contributed by atoms with Crippen molar-refractivity contribution in [3.05, 3.63) is 16.6 Å². The summed E-state index contributed by atoms with van der Waals surface area (Å²) in [6.45, 7) is 4.08. The van der Waals surface area contributed by atoms with Gasteiger partial charge in [0.15, 0.2) is 0 Å². The number of nitrogens with two attached hydrogens (primary N) is 1. The Morgan fingerprint density at radius 2 is 2.50 bits per heavy atom. The van der Waals surface area contributed by atoms with Gasteiger partial charge in [-0.3, -0.25) is 0 Å². The Morgan fingerprint density at radius 1 is 1.80 bits per heavy atom. The summed E-state index contributed by atoms with van der Waals surface area (Å²) in [6, 6.07) is 0. The zero-order valence-electron chi connectivity index (χ0n) is 6.29. The third kappa shape index (κ3) is 1.36. The average Bonchev–Trinajstić information content (AvgIpc) is 2.38. The summed E-state index contributed by atoms with van der Waals surface area (Å²) in [5, 5.41) is 2.98. The second kappa shape index (κ2) is 2.68. The lowest BCUT2D eigenvalue weighted by molar-refractivity contribution is 0.474. The molecule has 1 atom stereocenters. The first-order chi connectivity index (χ1) is 4.67. The molecule has 56 valence electrons. The molecule has 0 aliphatic rings. The van der Waals surface area contributed by atoms with E-state index in [1.54, 1.807) is 17.5 Å². The van der Waals surface area contributed by atoms with Crippen LogP contribution in [0.4, 0.5) is 0 Å². The van der Waals surface area contributed by atoms with E-state index in [1.807, 2.05) is 12.3 Å². The topological polar surface area (TPSA) is 38.9 Å². The molecule has 1 aromatic heterocycles. The first-order valence-corrected chi connectivity index (χ1v) is 4.23. The fourth-order valence-corrected chi connectivity index (χ4v) is 1.44. The minimum absolute atomic E-state index is 0.228. The first-order valence-electron chi connectivity index (χ1n) is 3.35. The molecule has 2 nitrogen and oxygen atoms in total. The van der Waals surface area contributed by atoms with E-state index in [4.69, 9.17) is 5.73 Å². The van der Waals surface area contributed by atoms with Gasteiger partial charge < -0.3 is 5.73 Å². The average molecular weight is 156 g/mol. The highest BCUT2D eigenvalue weighted by Crippen LogP contribution is 2.22. The molecule has 0 saturated heterocycles. The lowest BCUT2D eigenvalue weighted by Crippen LogP contribution is -2.31. The van der Waals surface area contributed by atoms with Crippen LogP contribution >= 0.6 is 11.3 Å². The fourth-order valence-electron chi connectivity index (χ4n) is 0.657. The van der Waals surface area contributed by atoms with Crippen LogP contribution in [0.5, 0.6) is 0 Å². The van der Waals surface area contributed by atoms with Crippen molar-refractivity contribution in [2.24, 2.45) is 5.73 Å². The van der Waals surface area contributed by atoms with Crippen LogP contribution in [0.1, 0.15) is 25.3 Å². The molecule has 0 spiro atoms. The van der Waals surface area contributed by atoms with Crippen LogP contribution in [0.3, 0.4) is 0 Å². The molecule has 0 aliphatic heterocycles. The highest BCUT2D eigenvalue weighted by Gasteiger charge is 2.20. The van der Waals surface area contributed by atoms with Crippen molar-refractivity contribution in [3.63, 3.8) is 0 Å². The summed E-state index contributed by atoms with van der Waals surface area (Å²) >= 11 is 1.62. The van der Waals surface area contributed by atoms with E-state index >= 15 is 0 Å². The molecule has 0 aliphatic carbocycles. The standard InChI is InChI=1S/C7H12N2S/c1-3-7(2,8)6-9-4-5-10-6/h4-5H,3,8H2,1-2H3. The van der Waals surface area contributed by atoms with E-state index in [9.17, 15) is 0 Å². The summed E-state index contributed by atoms with van der Waals surface area (Å²) in [5.41, 5.74) is 5.70. The zero-order chi connectivity index (χ0) is 7.61. The largest absolute Gasteiger partial charge is 0.320 e. The third-order valence-corrected chi connectivity index (χ3v) is 2.71. The SMILES string of the molecule is CCC(C)(N)c1nccs1. The van der Waals surface area contributed by atoms with E-state index < -0.39 is 0 Å². The molecule has 0 fully saturated rings. The molecule has 0 bridgehead atoms. The third-order valence-electron chi connectivity index (χ3n) is 1.66. The van der Waals surface area contributed by atoms with Crippen LogP contribution in [-0.4, -0.2) is 4.98 Å². The maximum Gasteiger partial charge on any atom is 0.112 e. The van der Waals surface area contributed by atoms with Crippen LogP contribution < -0.4 is 5.73 Å². The Hall–Kier alpha value is -0.410. The summed E-state index contributed by atoms with van der Waals surface area (Å²) in [6.07, 6.45) is 2.72. The van der Waals surface area contributed by atoms with E-state index in [-0.39, 0.29) is 5.54 Å². The first kappa shape index (κ1) is 7.69. The summed E-state index contributed by atoms with van der Waals surface area (Å²) in [4.78, 5) is 4.15. The van der Waals surface area contributed by atoms with Crippen molar-refractivity contribution in [2.45, 2.75) is 25.8 Å². The van der Waals surface area contributed by atoms with Gasteiger partial charge in [-0.25, -0.2) is 4.98 Å². The zero-order valence-corrected chi connectivity index (χ0v) is 7.11. The van der Waals surface area contributed by atoms with Crippen molar-refractivity contribution >= 4 is 11.3 Å². The van der Waals surface area contributed by atoms with Crippen LogP contribution in [0.15, 0.2) is 11.6 Å². The molecule has 1 rings (SSSR count). The molecule has 0 saturated carbocycles. The van der Waals surface area contributed by atoms with E-state index in [0.29, 0.717) is 0 Å². The molecular formula is C7H12N2S. The molecule has 1 aromatic rings. The van der Waals surface area contributed by atoms with Gasteiger partial charge >= 0.3 is 0 Å². The minimum atomic E-state index is -0.228.